The van der Waals surface area contributed by atoms with E-state index >= 15 is 0 Å². The Bertz CT molecular complexity index is 1270. The summed E-state index contributed by atoms with van der Waals surface area (Å²) < 4.78 is 13.0. The van der Waals surface area contributed by atoms with E-state index < -0.39 is 17.7 Å². The Hall–Kier alpha value is -2.81. The largest absolute Gasteiger partial charge is 0.497 e. The molecule has 1 fully saturated rings. The van der Waals surface area contributed by atoms with Crippen LogP contribution >= 0.6 is 39.7 Å². The third-order valence-corrected chi connectivity index (χ3v) is 7.27. The van der Waals surface area contributed by atoms with E-state index in [0.717, 1.165) is 15.7 Å². The molecule has 2 aliphatic rings. The van der Waals surface area contributed by atoms with Gasteiger partial charge in [0.15, 0.2) is 10.8 Å². The van der Waals surface area contributed by atoms with Gasteiger partial charge in [0.1, 0.15) is 17.4 Å². The van der Waals surface area contributed by atoms with E-state index in [1.165, 1.54) is 0 Å². The summed E-state index contributed by atoms with van der Waals surface area (Å²) in [5.41, 5.74) is 1.16. The minimum Gasteiger partial charge on any atom is -0.497 e. The van der Waals surface area contributed by atoms with Gasteiger partial charge in [-0.25, -0.2) is 0 Å². The Morgan fingerprint density at radius 3 is 2.56 bits per heavy atom. The molecule has 2 N–H and O–H groups in total. The number of ether oxygens (including phenoxy) is 2. The lowest BCUT2D eigenvalue weighted by Crippen LogP contribution is -2.72. The van der Waals surface area contributed by atoms with Crippen LogP contribution in [0.25, 0.3) is 0 Å². The SMILES string of the molecule is COc1ccc2c(c1)[C@H]1NC(=S)N(c3ccc(Br)cc3)[C@](C)(O2)[C@H]1C(=O)Nc1ccc(Cl)cc1. The summed E-state index contributed by atoms with van der Waals surface area (Å²) in [5.74, 6) is 0.477. The van der Waals surface area contributed by atoms with E-state index in [4.69, 9.17) is 33.3 Å². The fourth-order valence-electron chi connectivity index (χ4n) is 4.62. The first-order chi connectivity index (χ1) is 16.3. The van der Waals surface area contributed by atoms with Crippen molar-refractivity contribution in [3.8, 4) is 11.5 Å². The predicted octanol–water partition coefficient (Wildman–Crippen LogP) is 5.91. The molecule has 174 valence electrons. The van der Waals surface area contributed by atoms with Gasteiger partial charge in [-0.2, -0.15) is 0 Å². The normalized spacial score (nSPS) is 22.8. The van der Waals surface area contributed by atoms with Crippen molar-refractivity contribution >= 4 is 62.1 Å². The van der Waals surface area contributed by atoms with Crippen LogP contribution < -0.4 is 25.0 Å². The Morgan fingerprint density at radius 1 is 1.18 bits per heavy atom. The van der Waals surface area contributed by atoms with E-state index in [2.05, 4.69) is 26.6 Å². The molecule has 0 unspecified atom stereocenters. The molecule has 2 heterocycles. The molecule has 3 aromatic carbocycles. The molecule has 34 heavy (non-hydrogen) atoms. The van der Waals surface area contributed by atoms with Crippen molar-refractivity contribution in [3.05, 3.63) is 81.8 Å². The van der Waals surface area contributed by atoms with Crippen LogP contribution in [0, 0.1) is 5.92 Å². The molecule has 0 saturated carbocycles. The summed E-state index contributed by atoms with van der Waals surface area (Å²) in [5, 5.41) is 7.49. The van der Waals surface area contributed by atoms with Gasteiger partial charge >= 0.3 is 0 Å². The molecule has 9 heteroatoms. The lowest BCUT2D eigenvalue weighted by molar-refractivity contribution is -0.130. The van der Waals surface area contributed by atoms with Crippen molar-refractivity contribution in [1.29, 1.82) is 0 Å². The fourth-order valence-corrected chi connectivity index (χ4v) is 5.42. The number of nitrogens with one attached hydrogen (secondary N) is 2. The van der Waals surface area contributed by atoms with Gasteiger partial charge in [-0.1, -0.05) is 27.5 Å². The Labute approximate surface area is 216 Å². The maximum absolute atomic E-state index is 13.8. The quantitative estimate of drug-likeness (QED) is 0.388. The van der Waals surface area contributed by atoms with Gasteiger partial charge in [0, 0.05) is 26.4 Å². The molecule has 6 nitrogen and oxygen atoms in total. The van der Waals surface area contributed by atoms with Crippen LogP contribution in [-0.2, 0) is 4.79 Å². The first-order valence-electron chi connectivity index (χ1n) is 10.6. The van der Waals surface area contributed by atoms with Crippen molar-refractivity contribution in [2.24, 2.45) is 5.92 Å². The maximum atomic E-state index is 13.8. The number of methoxy groups -OCH3 is 1. The van der Waals surface area contributed by atoms with E-state index in [1.807, 2.05) is 54.3 Å². The highest BCUT2D eigenvalue weighted by Crippen LogP contribution is 2.50. The molecule has 2 bridgehead atoms. The van der Waals surface area contributed by atoms with Crippen LogP contribution in [0.3, 0.4) is 0 Å². The van der Waals surface area contributed by atoms with Gasteiger partial charge in [-0.05, 0) is 85.9 Å². The summed E-state index contributed by atoms with van der Waals surface area (Å²) in [6.07, 6.45) is 0. The fraction of sp³-hybridized carbons (Fsp3) is 0.200. The second-order valence-corrected chi connectivity index (χ2v) is 10.0. The summed E-state index contributed by atoms with van der Waals surface area (Å²) >= 11 is 15.3. The molecule has 1 amide bonds. The third kappa shape index (κ3) is 3.89. The van der Waals surface area contributed by atoms with E-state index in [-0.39, 0.29) is 5.91 Å². The molecule has 0 spiro atoms. The number of carbonyl (C=O) groups is 1. The summed E-state index contributed by atoms with van der Waals surface area (Å²) in [7, 11) is 1.61. The highest BCUT2D eigenvalue weighted by molar-refractivity contribution is 9.10. The zero-order valence-corrected chi connectivity index (χ0v) is 21.5. The number of hydrogen-bond donors (Lipinski definition) is 2. The average Bonchev–Trinajstić information content (AvgIpc) is 2.81. The number of benzene rings is 3. The second-order valence-electron chi connectivity index (χ2n) is 8.27. The number of amides is 1. The number of fused-ring (bicyclic) bond motifs is 4. The van der Waals surface area contributed by atoms with Crippen LogP contribution in [0.5, 0.6) is 11.5 Å². The lowest BCUT2D eigenvalue weighted by Gasteiger charge is -2.56. The first-order valence-corrected chi connectivity index (χ1v) is 12.2. The summed E-state index contributed by atoms with van der Waals surface area (Å²) in [4.78, 5) is 15.7. The Kier molecular flexibility index (Phi) is 5.91. The number of hydrogen-bond acceptors (Lipinski definition) is 4. The Morgan fingerprint density at radius 2 is 1.88 bits per heavy atom. The first kappa shape index (κ1) is 23.0. The van der Waals surface area contributed by atoms with Crippen LogP contribution in [0.2, 0.25) is 5.02 Å². The van der Waals surface area contributed by atoms with E-state index in [0.29, 0.717) is 27.3 Å². The smallest absolute Gasteiger partial charge is 0.236 e. The average molecular weight is 559 g/mol. The molecule has 0 aromatic heterocycles. The van der Waals surface area contributed by atoms with Gasteiger partial charge in [0.25, 0.3) is 0 Å². The molecular weight excluding hydrogens is 538 g/mol. The number of rotatable bonds is 4. The van der Waals surface area contributed by atoms with E-state index in [9.17, 15) is 4.79 Å². The number of halogens is 2. The van der Waals surface area contributed by atoms with Crippen molar-refractivity contribution in [2.45, 2.75) is 18.7 Å². The van der Waals surface area contributed by atoms with Crippen LogP contribution in [0.15, 0.2) is 71.2 Å². The maximum Gasteiger partial charge on any atom is 0.236 e. The van der Waals surface area contributed by atoms with Gasteiger partial charge < -0.3 is 20.1 Å². The highest BCUT2D eigenvalue weighted by Gasteiger charge is 2.59. The second kappa shape index (κ2) is 8.76. The van der Waals surface area contributed by atoms with E-state index in [1.54, 1.807) is 31.4 Å². The Balaban J connectivity index is 1.62. The van der Waals surface area contributed by atoms with Gasteiger partial charge in [-0.3, -0.25) is 9.69 Å². The molecule has 3 aromatic rings. The van der Waals surface area contributed by atoms with Crippen LogP contribution in [0.4, 0.5) is 11.4 Å². The van der Waals surface area contributed by atoms with Crippen molar-refractivity contribution < 1.29 is 14.3 Å². The highest BCUT2D eigenvalue weighted by atomic mass is 79.9. The molecular formula is C25H21BrClN3O3S. The third-order valence-electron chi connectivity index (χ3n) is 6.18. The minimum absolute atomic E-state index is 0.208. The topological polar surface area (TPSA) is 62.8 Å². The number of thiocarbonyl (C=S) groups is 1. The monoisotopic (exact) mass is 557 g/mol. The molecule has 2 aliphatic heterocycles. The number of carbonyl (C=O) groups excluding carboxylic acids is 1. The molecule has 3 atom stereocenters. The van der Waals surface area contributed by atoms with Crippen LogP contribution in [0.1, 0.15) is 18.5 Å². The lowest BCUT2D eigenvalue weighted by atomic mass is 9.78. The minimum atomic E-state index is -1.10. The zero-order chi connectivity index (χ0) is 24.0. The summed E-state index contributed by atoms with van der Waals surface area (Å²) in [6.45, 7) is 1.90. The predicted molar refractivity (Wildman–Crippen MR) is 141 cm³/mol. The standard InChI is InChI=1S/C25H21BrClN3O3S/c1-25-21(23(31)28-16-7-5-15(27)6-8-16)22(19-13-18(32-2)11-12-20(19)33-25)29-24(34)30(25)17-9-3-14(26)4-10-17/h3-13,21-22H,1-2H3,(H,28,31)(H,29,34)/t21-,22-,25-/m1/s1. The molecule has 0 aliphatic carbocycles. The van der Waals surface area contributed by atoms with Gasteiger partial charge in [0.2, 0.25) is 5.91 Å². The number of anilines is 2. The van der Waals surface area contributed by atoms with Crippen LogP contribution in [-0.4, -0.2) is 23.9 Å². The molecule has 5 rings (SSSR count). The van der Waals surface area contributed by atoms with Crippen molar-refractivity contribution in [1.82, 2.24) is 5.32 Å². The summed E-state index contributed by atoms with van der Waals surface area (Å²) in [6, 6.07) is 19.9. The van der Waals surface area contributed by atoms with Crippen molar-refractivity contribution in [2.75, 3.05) is 17.3 Å². The number of nitrogens with zero attached hydrogens (tertiary/aromatic N) is 1. The van der Waals surface area contributed by atoms with Gasteiger partial charge in [-0.15, -0.1) is 0 Å². The molecule has 1 saturated heterocycles. The van der Waals surface area contributed by atoms with Gasteiger partial charge in [0.05, 0.1) is 13.2 Å². The van der Waals surface area contributed by atoms with Crippen molar-refractivity contribution in [3.63, 3.8) is 0 Å². The molecule has 0 radical (unpaired) electrons. The zero-order valence-electron chi connectivity index (χ0n) is 18.3.